The highest BCUT2D eigenvalue weighted by atomic mass is 16.3. The summed E-state index contributed by atoms with van der Waals surface area (Å²) in [6.45, 7) is 4.30. The molecule has 0 aliphatic carbocycles. The molecule has 32 heavy (non-hydrogen) atoms. The number of hydrazine groups is 1. The van der Waals surface area contributed by atoms with E-state index in [-0.39, 0.29) is 29.5 Å². The number of amides is 2. The number of anilines is 1. The minimum Gasteiger partial charge on any atom is -0.508 e. The fraction of sp³-hybridized carbons (Fsp3) is 0.120. The van der Waals surface area contributed by atoms with Crippen LogP contribution in [0.15, 0.2) is 60.7 Å². The van der Waals surface area contributed by atoms with Gasteiger partial charge in [-0.3, -0.25) is 15.0 Å². The van der Waals surface area contributed by atoms with Gasteiger partial charge < -0.3 is 15.5 Å². The molecule has 4 rings (SSSR count). The first-order valence-electron chi connectivity index (χ1n) is 10.1. The van der Waals surface area contributed by atoms with Crippen LogP contribution in [0, 0.1) is 13.8 Å². The highest BCUT2D eigenvalue weighted by Gasteiger charge is 2.27. The lowest BCUT2D eigenvalue weighted by atomic mass is 9.93. The molecule has 3 aromatic carbocycles. The van der Waals surface area contributed by atoms with Gasteiger partial charge in [-0.15, -0.1) is 0 Å². The van der Waals surface area contributed by atoms with Crippen LogP contribution in [0.1, 0.15) is 27.0 Å². The molecular weight excluding hydrogens is 406 g/mol. The largest absolute Gasteiger partial charge is 0.508 e. The fourth-order valence-corrected chi connectivity index (χ4v) is 3.66. The molecular formula is C25H23N3O4. The van der Waals surface area contributed by atoms with Crippen molar-refractivity contribution in [3.63, 3.8) is 0 Å². The number of hydrogen-bond donors (Lipinski definition) is 5. The Hall–Kier alpha value is -4.10. The predicted molar refractivity (Wildman–Crippen MR) is 123 cm³/mol. The number of carbonyl (C=O) groups is 2. The number of carbonyl (C=O) groups excluding carboxylic acids is 2. The van der Waals surface area contributed by atoms with Gasteiger partial charge in [0.15, 0.2) is 0 Å². The van der Waals surface area contributed by atoms with Crippen LogP contribution in [0.25, 0.3) is 16.7 Å². The lowest BCUT2D eigenvalue weighted by Gasteiger charge is -2.11. The van der Waals surface area contributed by atoms with E-state index in [2.05, 4.69) is 42.1 Å². The van der Waals surface area contributed by atoms with Gasteiger partial charge in [-0.05, 0) is 54.3 Å². The molecule has 162 valence electrons. The second-order valence-corrected chi connectivity index (χ2v) is 7.64. The third-order valence-corrected chi connectivity index (χ3v) is 5.48. The standard InChI is InChI=1S/C25H23N3O4/c1-14-6-7-16(12-15(14)2)18-4-3-5-21-23(18)20(24(31)27-21)10-11-26-28-25(32)19-9-8-17(29)13-22(19)30/h3-10,12-13,26,29-30H,11H2,1-2H3,(H,27,31)(H,28,32). The van der Waals surface area contributed by atoms with Crippen LogP contribution in [-0.4, -0.2) is 28.6 Å². The van der Waals surface area contributed by atoms with Gasteiger partial charge in [0.1, 0.15) is 11.5 Å². The molecule has 2 amide bonds. The lowest BCUT2D eigenvalue weighted by molar-refractivity contribution is -0.110. The molecule has 0 radical (unpaired) electrons. The normalized spacial score (nSPS) is 13.7. The van der Waals surface area contributed by atoms with Gasteiger partial charge in [0, 0.05) is 29.4 Å². The van der Waals surface area contributed by atoms with Crippen molar-refractivity contribution < 1.29 is 19.8 Å². The van der Waals surface area contributed by atoms with E-state index in [0.29, 0.717) is 5.57 Å². The average Bonchev–Trinajstić information content (AvgIpc) is 3.08. The summed E-state index contributed by atoms with van der Waals surface area (Å²) in [5, 5.41) is 22.0. The van der Waals surface area contributed by atoms with Gasteiger partial charge >= 0.3 is 0 Å². The van der Waals surface area contributed by atoms with E-state index in [1.54, 1.807) is 6.08 Å². The topological polar surface area (TPSA) is 111 Å². The minimum absolute atomic E-state index is 0.0175. The summed E-state index contributed by atoms with van der Waals surface area (Å²) in [5.74, 6) is -1.24. The van der Waals surface area contributed by atoms with Crippen molar-refractivity contribution in [2.75, 3.05) is 11.9 Å². The Bertz CT molecular complexity index is 1260. The molecule has 3 aromatic rings. The summed E-state index contributed by atoms with van der Waals surface area (Å²) in [6.07, 6.45) is 1.71. The molecule has 7 heteroatoms. The predicted octanol–water partition coefficient (Wildman–Crippen LogP) is 3.65. The number of rotatable bonds is 5. The Morgan fingerprint density at radius 2 is 1.84 bits per heavy atom. The van der Waals surface area contributed by atoms with E-state index < -0.39 is 5.91 Å². The molecule has 0 saturated heterocycles. The average molecular weight is 429 g/mol. The van der Waals surface area contributed by atoms with Gasteiger partial charge in [-0.1, -0.05) is 36.4 Å². The lowest BCUT2D eigenvalue weighted by Crippen LogP contribution is -2.37. The Kier molecular flexibility index (Phi) is 5.66. The van der Waals surface area contributed by atoms with Gasteiger partial charge in [0.2, 0.25) is 0 Å². The molecule has 7 nitrogen and oxygen atoms in total. The molecule has 0 saturated carbocycles. The van der Waals surface area contributed by atoms with Crippen LogP contribution in [-0.2, 0) is 4.79 Å². The number of hydrogen-bond acceptors (Lipinski definition) is 5. The second kappa shape index (κ2) is 8.56. The quantitative estimate of drug-likeness (QED) is 0.242. The summed E-state index contributed by atoms with van der Waals surface area (Å²) < 4.78 is 0. The van der Waals surface area contributed by atoms with Crippen molar-refractivity contribution in [3.05, 3.63) is 82.9 Å². The number of aryl methyl sites for hydroxylation is 2. The zero-order valence-electron chi connectivity index (χ0n) is 17.7. The van der Waals surface area contributed by atoms with Crippen molar-refractivity contribution in [1.29, 1.82) is 0 Å². The number of benzene rings is 3. The molecule has 1 aliphatic heterocycles. The van der Waals surface area contributed by atoms with Crippen LogP contribution in [0.5, 0.6) is 11.5 Å². The monoisotopic (exact) mass is 429 g/mol. The van der Waals surface area contributed by atoms with Gasteiger partial charge in [0.25, 0.3) is 11.8 Å². The summed E-state index contributed by atoms with van der Waals surface area (Å²) >= 11 is 0. The van der Waals surface area contributed by atoms with Crippen LogP contribution in [0.4, 0.5) is 5.69 Å². The summed E-state index contributed by atoms with van der Waals surface area (Å²) in [7, 11) is 0. The smallest absolute Gasteiger partial charge is 0.269 e. The summed E-state index contributed by atoms with van der Waals surface area (Å²) in [6, 6.07) is 15.7. The third kappa shape index (κ3) is 4.06. The van der Waals surface area contributed by atoms with Crippen molar-refractivity contribution in [1.82, 2.24) is 10.9 Å². The molecule has 1 aliphatic rings. The Morgan fingerprint density at radius 3 is 2.59 bits per heavy atom. The van der Waals surface area contributed by atoms with E-state index in [1.807, 2.05) is 24.3 Å². The third-order valence-electron chi connectivity index (χ3n) is 5.48. The molecule has 1 heterocycles. The first-order chi connectivity index (χ1) is 15.3. The maximum Gasteiger partial charge on any atom is 0.269 e. The molecule has 0 spiro atoms. The van der Waals surface area contributed by atoms with Crippen molar-refractivity contribution in [3.8, 4) is 22.6 Å². The number of nitrogens with one attached hydrogen (secondary N) is 3. The van der Waals surface area contributed by atoms with E-state index in [1.165, 1.54) is 23.3 Å². The zero-order chi connectivity index (χ0) is 22.8. The minimum atomic E-state index is -0.562. The van der Waals surface area contributed by atoms with Crippen LogP contribution < -0.4 is 16.2 Å². The number of aromatic hydroxyl groups is 2. The highest BCUT2D eigenvalue weighted by molar-refractivity contribution is 6.33. The number of phenols is 2. The number of fused-ring (bicyclic) bond motifs is 1. The van der Waals surface area contributed by atoms with Crippen LogP contribution in [0.2, 0.25) is 0 Å². The van der Waals surface area contributed by atoms with E-state index >= 15 is 0 Å². The Morgan fingerprint density at radius 1 is 1.03 bits per heavy atom. The van der Waals surface area contributed by atoms with Crippen LogP contribution in [0.3, 0.4) is 0 Å². The highest BCUT2D eigenvalue weighted by Crippen LogP contribution is 2.39. The second-order valence-electron chi connectivity index (χ2n) is 7.64. The van der Waals surface area contributed by atoms with Crippen molar-refractivity contribution in [2.24, 2.45) is 0 Å². The summed E-state index contributed by atoms with van der Waals surface area (Å²) in [5.41, 5.74) is 11.7. The van der Waals surface area contributed by atoms with E-state index in [4.69, 9.17) is 0 Å². The molecule has 0 bridgehead atoms. The van der Waals surface area contributed by atoms with Gasteiger partial charge in [0.05, 0.1) is 5.56 Å². The van der Waals surface area contributed by atoms with E-state index in [0.717, 1.165) is 28.4 Å². The zero-order valence-corrected chi connectivity index (χ0v) is 17.7. The molecule has 0 unspecified atom stereocenters. The van der Waals surface area contributed by atoms with Crippen LogP contribution >= 0.6 is 0 Å². The molecule has 0 aromatic heterocycles. The Balaban J connectivity index is 1.54. The van der Waals surface area contributed by atoms with Crippen molar-refractivity contribution >= 4 is 23.1 Å². The molecule has 0 fully saturated rings. The van der Waals surface area contributed by atoms with E-state index in [9.17, 15) is 19.8 Å². The maximum absolute atomic E-state index is 12.6. The first kappa shape index (κ1) is 21.1. The van der Waals surface area contributed by atoms with Gasteiger partial charge in [-0.2, -0.15) is 0 Å². The number of phenolic OH excluding ortho intramolecular Hbond substituents is 2. The maximum atomic E-state index is 12.6. The Labute approximate surface area is 185 Å². The fourth-order valence-electron chi connectivity index (χ4n) is 3.66. The molecule has 5 N–H and O–H groups in total. The molecule has 0 atom stereocenters. The SMILES string of the molecule is Cc1ccc(-c2cccc3c2C(=CCNNC(=O)c2ccc(O)cc2O)C(=O)N3)cc1C. The van der Waals surface area contributed by atoms with Gasteiger partial charge in [-0.25, -0.2) is 5.43 Å². The summed E-state index contributed by atoms with van der Waals surface area (Å²) in [4.78, 5) is 24.8. The first-order valence-corrected chi connectivity index (χ1v) is 10.1. The van der Waals surface area contributed by atoms with Crippen molar-refractivity contribution in [2.45, 2.75) is 13.8 Å².